The van der Waals surface area contributed by atoms with E-state index in [0.29, 0.717) is 6.54 Å². The maximum Gasteiger partial charge on any atom is 0.125 e. The van der Waals surface area contributed by atoms with E-state index >= 15 is 0 Å². The molecule has 0 spiro atoms. The van der Waals surface area contributed by atoms with Crippen molar-refractivity contribution in [2.45, 2.75) is 46.5 Å². The highest BCUT2D eigenvalue weighted by Crippen LogP contribution is 2.25. The summed E-state index contributed by atoms with van der Waals surface area (Å²) >= 11 is 0. The summed E-state index contributed by atoms with van der Waals surface area (Å²) in [6.45, 7) is 7.96. The van der Waals surface area contributed by atoms with Crippen molar-refractivity contribution in [1.29, 1.82) is 0 Å². The zero-order chi connectivity index (χ0) is 12.7. The Labute approximate surface area is 105 Å². The summed E-state index contributed by atoms with van der Waals surface area (Å²) in [7, 11) is 0. The largest absolute Gasteiger partial charge is 0.493 e. The van der Waals surface area contributed by atoms with Gasteiger partial charge in [0.25, 0.3) is 0 Å². The molecule has 0 radical (unpaired) electrons. The van der Waals surface area contributed by atoms with Crippen LogP contribution < -0.4 is 10.5 Å². The molecule has 1 aromatic rings. The van der Waals surface area contributed by atoms with Crippen molar-refractivity contribution in [1.82, 2.24) is 0 Å². The number of rotatable bonds is 7. The zero-order valence-electron chi connectivity index (χ0n) is 11.4. The molecule has 1 rings (SSSR count). The van der Waals surface area contributed by atoms with E-state index in [4.69, 9.17) is 10.5 Å². The van der Waals surface area contributed by atoms with E-state index in [1.807, 2.05) is 0 Å². The van der Waals surface area contributed by atoms with Crippen molar-refractivity contribution in [3.8, 4) is 5.75 Å². The summed E-state index contributed by atoms with van der Waals surface area (Å²) in [5.74, 6) is 1.06. The molecule has 0 atom stereocenters. The van der Waals surface area contributed by atoms with Gasteiger partial charge < -0.3 is 10.5 Å². The highest BCUT2D eigenvalue weighted by atomic mass is 16.5. The molecule has 2 nitrogen and oxygen atoms in total. The van der Waals surface area contributed by atoms with Crippen molar-refractivity contribution in [2.75, 3.05) is 13.2 Å². The van der Waals surface area contributed by atoms with Crippen LogP contribution in [0.15, 0.2) is 12.1 Å². The van der Waals surface area contributed by atoms with Crippen molar-refractivity contribution < 1.29 is 4.74 Å². The molecule has 1 aromatic carbocycles. The van der Waals surface area contributed by atoms with Gasteiger partial charge in [0.15, 0.2) is 0 Å². The molecule has 0 saturated carbocycles. The predicted molar refractivity (Wildman–Crippen MR) is 73.7 cm³/mol. The Bertz CT molecular complexity index is 324. The fourth-order valence-electron chi connectivity index (χ4n) is 2.10. The molecular weight excluding hydrogens is 210 g/mol. The van der Waals surface area contributed by atoms with E-state index in [-0.39, 0.29) is 0 Å². The Morgan fingerprint density at radius 1 is 1.12 bits per heavy atom. The third-order valence-electron chi connectivity index (χ3n) is 2.95. The zero-order valence-corrected chi connectivity index (χ0v) is 11.4. The number of nitrogens with two attached hydrogens (primary N) is 1. The number of aryl methyl sites for hydroxylation is 2. The number of benzene rings is 1. The van der Waals surface area contributed by atoms with Gasteiger partial charge in [0.1, 0.15) is 5.75 Å². The average molecular weight is 235 g/mol. The van der Waals surface area contributed by atoms with Crippen LogP contribution in [0.25, 0.3) is 0 Å². The first-order valence-corrected chi connectivity index (χ1v) is 6.62. The van der Waals surface area contributed by atoms with E-state index in [9.17, 15) is 0 Å². The second kappa shape index (κ2) is 7.33. The van der Waals surface area contributed by atoms with Gasteiger partial charge in [-0.05, 0) is 49.9 Å². The fourth-order valence-corrected chi connectivity index (χ4v) is 2.10. The Morgan fingerprint density at radius 2 is 1.76 bits per heavy atom. The summed E-state index contributed by atoms with van der Waals surface area (Å²) in [5, 5.41) is 0. The molecule has 0 bridgehead atoms. The number of hydrogen-bond donors (Lipinski definition) is 1. The maximum absolute atomic E-state index is 5.87. The molecule has 0 heterocycles. The van der Waals surface area contributed by atoms with Crippen molar-refractivity contribution in [3.63, 3.8) is 0 Å². The Kier molecular flexibility index (Phi) is 6.06. The Balaban J connectivity index is 2.65. The summed E-state index contributed by atoms with van der Waals surface area (Å²) in [6, 6.07) is 4.38. The van der Waals surface area contributed by atoms with E-state index in [1.54, 1.807) is 0 Å². The van der Waals surface area contributed by atoms with Crippen LogP contribution in [0.5, 0.6) is 5.75 Å². The molecule has 0 fully saturated rings. The van der Waals surface area contributed by atoms with Crippen molar-refractivity contribution >= 4 is 0 Å². The minimum absolute atomic E-state index is 0.704. The molecule has 17 heavy (non-hydrogen) atoms. The van der Waals surface area contributed by atoms with Gasteiger partial charge in [0.2, 0.25) is 0 Å². The van der Waals surface area contributed by atoms with Gasteiger partial charge in [0.05, 0.1) is 6.61 Å². The number of hydrogen-bond acceptors (Lipinski definition) is 2. The lowest BCUT2D eigenvalue weighted by molar-refractivity contribution is 0.302. The van der Waals surface area contributed by atoms with Crippen LogP contribution in [-0.4, -0.2) is 13.2 Å². The third-order valence-corrected chi connectivity index (χ3v) is 2.95. The number of ether oxygens (including phenoxy) is 1. The average Bonchev–Trinajstić information content (AvgIpc) is 2.27. The highest BCUT2D eigenvalue weighted by molar-refractivity contribution is 5.43. The summed E-state index contributed by atoms with van der Waals surface area (Å²) in [6.07, 6.45) is 4.55. The SMILES string of the molecule is CCCCCOc1c(C)cc(CCN)cc1C. The van der Waals surface area contributed by atoms with Gasteiger partial charge in [-0.3, -0.25) is 0 Å². The molecule has 2 N–H and O–H groups in total. The predicted octanol–water partition coefficient (Wildman–Crippen LogP) is 3.37. The van der Waals surface area contributed by atoms with Crippen molar-refractivity contribution in [2.24, 2.45) is 5.73 Å². The minimum atomic E-state index is 0.704. The van der Waals surface area contributed by atoms with E-state index in [1.165, 1.54) is 29.5 Å². The molecule has 0 aromatic heterocycles. The Hall–Kier alpha value is -1.02. The van der Waals surface area contributed by atoms with Crippen LogP contribution in [0, 0.1) is 13.8 Å². The standard InChI is InChI=1S/C15H25NO/c1-4-5-6-9-17-15-12(2)10-14(7-8-16)11-13(15)3/h10-11H,4-9,16H2,1-3H3. The number of unbranched alkanes of at least 4 members (excludes halogenated alkanes) is 2. The summed E-state index contributed by atoms with van der Waals surface area (Å²) in [5.41, 5.74) is 9.34. The van der Waals surface area contributed by atoms with Gasteiger partial charge in [-0.15, -0.1) is 0 Å². The van der Waals surface area contributed by atoms with E-state index in [0.717, 1.165) is 25.2 Å². The maximum atomic E-state index is 5.87. The molecule has 2 heteroatoms. The molecule has 0 aliphatic heterocycles. The van der Waals surface area contributed by atoms with E-state index in [2.05, 4.69) is 32.9 Å². The smallest absolute Gasteiger partial charge is 0.125 e. The van der Waals surface area contributed by atoms with Gasteiger partial charge in [-0.2, -0.15) is 0 Å². The summed E-state index contributed by atoms with van der Waals surface area (Å²) in [4.78, 5) is 0. The van der Waals surface area contributed by atoms with Gasteiger partial charge >= 0.3 is 0 Å². The molecule has 96 valence electrons. The highest BCUT2D eigenvalue weighted by Gasteiger charge is 2.06. The summed E-state index contributed by atoms with van der Waals surface area (Å²) < 4.78 is 5.87. The van der Waals surface area contributed by atoms with Gasteiger partial charge in [-0.25, -0.2) is 0 Å². The molecular formula is C15H25NO. The van der Waals surface area contributed by atoms with Crippen LogP contribution in [-0.2, 0) is 6.42 Å². The van der Waals surface area contributed by atoms with E-state index < -0.39 is 0 Å². The molecule has 0 unspecified atom stereocenters. The van der Waals surface area contributed by atoms with Crippen LogP contribution >= 0.6 is 0 Å². The molecule has 0 aliphatic rings. The lowest BCUT2D eigenvalue weighted by Gasteiger charge is -2.13. The first-order valence-electron chi connectivity index (χ1n) is 6.62. The molecule has 0 aliphatic carbocycles. The molecule has 0 saturated heterocycles. The van der Waals surface area contributed by atoms with Crippen LogP contribution in [0.1, 0.15) is 42.9 Å². The third kappa shape index (κ3) is 4.39. The second-order valence-corrected chi connectivity index (χ2v) is 4.65. The van der Waals surface area contributed by atoms with Gasteiger partial charge in [0, 0.05) is 0 Å². The quantitative estimate of drug-likeness (QED) is 0.735. The second-order valence-electron chi connectivity index (χ2n) is 4.65. The lowest BCUT2D eigenvalue weighted by atomic mass is 10.0. The van der Waals surface area contributed by atoms with Crippen LogP contribution in [0.3, 0.4) is 0 Å². The first kappa shape index (κ1) is 14.0. The fraction of sp³-hybridized carbons (Fsp3) is 0.600. The van der Waals surface area contributed by atoms with Crippen molar-refractivity contribution in [3.05, 3.63) is 28.8 Å². The first-order chi connectivity index (χ1) is 8.19. The molecule has 0 amide bonds. The monoisotopic (exact) mass is 235 g/mol. The van der Waals surface area contributed by atoms with Gasteiger partial charge in [-0.1, -0.05) is 31.9 Å². The normalized spacial score (nSPS) is 10.6. The topological polar surface area (TPSA) is 35.2 Å². The van der Waals surface area contributed by atoms with Crippen LogP contribution in [0.4, 0.5) is 0 Å². The van der Waals surface area contributed by atoms with Crippen LogP contribution in [0.2, 0.25) is 0 Å². The minimum Gasteiger partial charge on any atom is -0.493 e. The Morgan fingerprint density at radius 3 is 2.29 bits per heavy atom. The lowest BCUT2D eigenvalue weighted by Crippen LogP contribution is -2.05.